The van der Waals surface area contributed by atoms with Crippen molar-refractivity contribution in [3.05, 3.63) is 35.8 Å². The van der Waals surface area contributed by atoms with Crippen LogP contribution >= 0.6 is 12.6 Å². The summed E-state index contributed by atoms with van der Waals surface area (Å²) in [6, 6.07) is 5.11. The Kier molecular flexibility index (Phi) is 2.04. The largest absolute Gasteiger partial charge is 0.350 e. The highest BCUT2D eigenvalue weighted by molar-refractivity contribution is 7.79. The fraction of sp³-hybridized carbons (Fsp3) is 0.200. The smallest absolute Gasteiger partial charge is 0.132 e. The summed E-state index contributed by atoms with van der Waals surface area (Å²) in [4.78, 5) is 0. The van der Waals surface area contributed by atoms with E-state index in [2.05, 4.69) is 12.6 Å². The molecule has 2 aromatic rings. The van der Waals surface area contributed by atoms with Gasteiger partial charge in [-0.15, -0.1) is 0 Å². The van der Waals surface area contributed by atoms with Crippen LogP contribution in [0, 0.1) is 5.82 Å². The van der Waals surface area contributed by atoms with Crippen molar-refractivity contribution in [3.8, 4) is 0 Å². The second kappa shape index (κ2) is 3.07. The molecule has 0 saturated carbocycles. The average molecular weight is 195 g/mol. The summed E-state index contributed by atoms with van der Waals surface area (Å²) in [6.45, 7) is 0. The second-order valence-electron chi connectivity index (χ2n) is 3.06. The van der Waals surface area contributed by atoms with Crippen molar-refractivity contribution in [1.29, 1.82) is 0 Å². The molecular formula is C10H10FNS. The normalized spacial score (nSPS) is 11.0. The minimum absolute atomic E-state index is 0.165. The van der Waals surface area contributed by atoms with Crippen LogP contribution in [0.5, 0.6) is 0 Å². The Labute approximate surface area is 81.6 Å². The van der Waals surface area contributed by atoms with Crippen LogP contribution in [0.4, 0.5) is 4.39 Å². The number of fused-ring (bicyclic) bond motifs is 1. The molecule has 13 heavy (non-hydrogen) atoms. The highest BCUT2D eigenvalue weighted by Gasteiger charge is 2.08. The van der Waals surface area contributed by atoms with Crippen LogP contribution in [0.3, 0.4) is 0 Å². The van der Waals surface area contributed by atoms with Gasteiger partial charge in [0.25, 0.3) is 0 Å². The Morgan fingerprint density at radius 2 is 2.23 bits per heavy atom. The molecular weight excluding hydrogens is 185 g/mol. The van der Waals surface area contributed by atoms with E-state index in [1.165, 1.54) is 6.07 Å². The van der Waals surface area contributed by atoms with E-state index >= 15 is 0 Å². The fourth-order valence-electron chi connectivity index (χ4n) is 1.61. The summed E-state index contributed by atoms with van der Waals surface area (Å²) in [5.41, 5.74) is 1.86. The minimum Gasteiger partial charge on any atom is -0.350 e. The van der Waals surface area contributed by atoms with E-state index in [1.54, 1.807) is 6.07 Å². The van der Waals surface area contributed by atoms with E-state index in [9.17, 15) is 4.39 Å². The molecule has 0 saturated heterocycles. The first kappa shape index (κ1) is 8.63. The monoisotopic (exact) mass is 195 g/mol. The first-order valence-electron chi connectivity index (χ1n) is 4.07. The van der Waals surface area contributed by atoms with Crippen LogP contribution in [0.2, 0.25) is 0 Å². The first-order valence-corrected chi connectivity index (χ1v) is 4.70. The van der Waals surface area contributed by atoms with Gasteiger partial charge < -0.3 is 4.57 Å². The molecule has 0 N–H and O–H groups in total. The van der Waals surface area contributed by atoms with Crippen LogP contribution in [0.15, 0.2) is 24.4 Å². The van der Waals surface area contributed by atoms with Crippen molar-refractivity contribution in [2.24, 2.45) is 7.05 Å². The molecule has 0 aliphatic carbocycles. The van der Waals surface area contributed by atoms with Gasteiger partial charge in [-0.05, 0) is 17.7 Å². The number of nitrogens with zero attached hydrogens (tertiary/aromatic N) is 1. The van der Waals surface area contributed by atoms with Crippen molar-refractivity contribution in [1.82, 2.24) is 4.57 Å². The van der Waals surface area contributed by atoms with E-state index in [0.717, 1.165) is 11.1 Å². The van der Waals surface area contributed by atoms with Crippen LogP contribution in [-0.4, -0.2) is 4.57 Å². The predicted molar refractivity (Wildman–Crippen MR) is 55.6 cm³/mol. The summed E-state index contributed by atoms with van der Waals surface area (Å²) < 4.78 is 15.3. The van der Waals surface area contributed by atoms with Gasteiger partial charge in [-0.25, -0.2) is 4.39 Å². The molecule has 0 aliphatic heterocycles. The number of thiol groups is 1. The number of hydrogen-bond acceptors (Lipinski definition) is 1. The van der Waals surface area contributed by atoms with Crippen molar-refractivity contribution in [2.75, 3.05) is 0 Å². The van der Waals surface area contributed by atoms with Crippen molar-refractivity contribution < 1.29 is 4.39 Å². The zero-order valence-corrected chi connectivity index (χ0v) is 8.18. The minimum atomic E-state index is -0.165. The lowest BCUT2D eigenvalue weighted by atomic mass is 10.2. The Morgan fingerprint density at radius 1 is 1.46 bits per heavy atom. The quantitative estimate of drug-likeness (QED) is 0.668. The molecule has 1 nitrogen and oxygen atoms in total. The maximum absolute atomic E-state index is 13.4. The van der Waals surface area contributed by atoms with Gasteiger partial charge in [-0.3, -0.25) is 0 Å². The van der Waals surface area contributed by atoms with E-state index in [0.29, 0.717) is 11.1 Å². The van der Waals surface area contributed by atoms with Crippen molar-refractivity contribution >= 4 is 23.5 Å². The molecule has 0 fully saturated rings. The summed E-state index contributed by atoms with van der Waals surface area (Å²) in [5, 5.41) is 0.694. The maximum atomic E-state index is 13.4. The van der Waals surface area contributed by atoms with Gasteiger partial charge in [0.05, 0.1) is 5.52 Å². The molecule has 0 spiro atoms. The number of halogens is 1. The number of aryl methyl sites for hydroxylation is 1. The fourth-order valence-corrected chi connectivity index (χ4v) is 1.85. The van der Waals surface area contributed by atoms with Gasteiger partial charge in [0, 0.05) is 24.4 Å². The average Bonchev–Trinajstić information content (AvgIpc) is 2.45. The number of benzene rings is 1. The molecule has 0 radical (unpaired) electrons. The molecule has 0 bridgehead atoms. The van der Waals surface area contributed by atoms with Gasteiger partial charge in [0.2, 0.25) is 0 Å². The van der Waals surface area contributed by atoms with Crippen molar-refractivity contribution in [3.63, 3.8) is 0 Å². The maximum Gasteiger partial charge on any atom is 0.132 e. The summed E-state index contributed by atoms with van der Waals surface area (Å²) >= 11 is 4.17. The van der Waals surface area contributed by atoms with E-state index in [-0.39, 0.29) is 5.82 Å². The molecule has 0 amide bonds. The number of hydrogen-bond donors (Lipinski definition) is 1. The molecule has 1 aromatic carbocycles. The Bertz CT molecular complexity index is 447. The van der Waals surface area contributed by atoms with Crippen LogP contribution < -0.4 is 0 Å². The highest BCUT2D eigenvalue weighted by atomic mass is 32.1. The predicted octanol–water partition coefficient (Wildman–Crippen LogP) is 2.75. The van der Waals surface area contributed by atoms with E-state index in [1.807, 2.05) is 23.9 Å². The van der Waals surface area contributed by atoms with Crippen molar-refractivity contribution in [2.45, 2.75) is 5.75 Å². The molecule has 0 unspecified atom stereocenters. The summed E-state index contributed by atoms with van der Waals surface area (Å²) in [7, 11) is 1.91. The zero-order valence-electron chi connectivity index (χ0n) is 7.29. The summed E-state index contributed by atoms with van der Waals surface area (Å²) in [5.74, 6) is 0.403. The van der Waals surface area contributed by atoms with Gasteiger partial charge in [-0.2, -0.15) is 12.6 Å². The van der Waals surface area contributed by atoms with Crippen LogP contribution in [-0.2, 0) is 12.8 Å². The summed E-state index contributed by atoms with van der Waals surface area (Å²) in [6.07, 6.45) is 1.92. The van der Waals surface area contributed by atoms with Gasteiger partial charge in [0.15, 0.2) is 0 Å². The standard InChI is InChI=1S/C10H10FNS/c1-12-5-7(6-13)10-8(11)3-2-4-9(10)12/h2-5,13H,6H2,1H3. The second-order valence-corrected chi connectivity index (χ2v) is 3.37. The van der Waals surface area contributed by atoms with Crippen LogP contribution in [0.25, 0.3) is 10.9 Å². The molecule has 1 aromatic heterocycles. The molecule has 0 atom stereocenters. The highest BCUT2D eigenvalue weighted by Crippen LogP contribution is 2.24. The topological polar surface area (TPSA) is 4.93 Å². The molecule has 2 rings (SSSR count). The van der Waals surface area contributed by atoms with E-state index < -0.39 is 0 Å². The molecule has 1 heterocycles. The Balaban J connectivity index is 2.89. The lowest BCUT2D eigenvalue weighted by Gasteiger charge is -1.96. The number of rotatable bonds is 1. The Hall–Kier alpha value is -0.960. The van der Waals surface area contributed by atoms with Gasteiger partial charge in [0.1, 0.15) is 5.82 Å². The van der Waals surface area contributed by atoms with Crippen LogP contribution in [0.1, 0.15) is 5.56 Å². The Morgan fingerprint density at radius 3 is 2.92 bits per heavy atom. The SMILES string of the molecule is Cn1cc(CS)c2c(F)cccc21. The lowest BCUT2D eigenvalue weighted by molar-refractivity contribution is 0.639. The third-order valence-electron chi connectivity index (χ3n) is 2.21. The van der Waals surface area contributed by atoms with Gasteiger partial charge in [-0.1, -0.05) is 6.07 Å². The number of aromatic nitrogens is 1. The molecule has 68 valence electrons. The third kappa shape index (κ3) is 1.23. The zero-order chi connectivity index (χ0) is 9.42. The molecule has 3 heteroatoms. The first-order chi connectivity index (χ1) is 6.24. The van der Waals surface area contributed by atoms with Gasteiger partial charge >= 0.3 is 0 Å². The lowest BCUT2D eigenvalue weighted by Crippen LogP contribution is -1.83. The molecule has 0 aliphatic rings. The third-order valence-corrected chi connectivity index (χ3v) is 2.55. The van der Waals surface area contributed by atoms with E-state index in [4.69, 9.17) is 0 Å².